The molecule has 0 saturated heterocycles. The van der Waals surface area contributed by atoms with Gasteiger partial charge in [-0.3, -0.25) is 14.4 Å². The van der Waals surface area contributed by atoms with E-state index in [4.69, 9.17) is 9.57 Å². The van der Waals surface area contributed by atoms with Crippen LogP contribution in [0.3, 0.4) is 0 Å². The molecule has 310 valence electrons. The van der Waals surface area contributed by atoms with Crippen LogP contribution in [0.2, 0.25) is 0 Å². The molecule has 0 heterocycles. The van der Waals surface area contributed by atoms with E-state index in [1.54, 1.807) is 30.3 Å². The maximum absolute atomic E-state index is 15.0. The van der Waals surface area contributed by atoms with Crippen LogP contribution in [-0.4, -0.2) is 44.2 Å². The molecule has 59 heavy (non-hydrogen) atoms. The highest BCUT2D eigenvalue weighted by Gasteiger charge is 2.42. The molecule has 0 radical (unpaired) electrons. The van der Waals surface area contributed by atoms with Gasteiger partial charge in [-0.2, -0.15) is 4.31 Å². The summed E-state index contributed by atoms with van der Waals surface area (Å²) in [6.07, 6.45) is 5.52. The quantitative estimate of drug-likeness (QED) is 0.0462. The van der Waals surface area contributed by atoms with Gasteiger partial charge in [0.05, 0.1) is 26.4 Å². The second-order valence-electron chi connectivity index (χ2n) is 14.2. The third-order valence-electron chi connectivity index (χ3n) is 10.3. The maximum atomic E-state index is 15.0. The predicted octanol–water partition coefficient (Wildman–Crippen LogP) is 8.73. The highest BCUT2D eigenvalue weighted by molar-refractivity contribution is 7.89. The van der Waals surface area contributed by atoms with Crippen LogP contribution in [0.15, 0.2) is 114 Å². The normalized spacial score (nSPS) is 13.9. The van der Waals surface area contributed by atoms with Crippen LogP contribution in [0, 0.1) is 29.1 Å². The van der Waals surface area contributed by atoms with Gasteiger partial charge in [0.25, 0.3) is 5.91 Å². The first-order valence-electron chi connectivity index (χ1n) is 18.9. The van der Waals surface area contributed by atoms with Crippen molar-refractivity contribution in [2.75, 3.05) is 18.6 Å². The van der Waals surface area contributed by atoms with Crippen LogP contribution >= 0.6 is 0 Å². The molecule has 5 aromatic rings. The van der Waals surface area contributed by atoms with E-state index >= 15 is 8.78 Å². The molecule has 0 spiro atoms. The lowest BCUT2D eigenvalue weighted by Gasteiger charge is -2.32. The fraction of sp³-hybridized carbons (Fsp3) is 0.273. The fourth-order valence-corrected chi connectivity index (χ4v) is 8.32. The van der Waals surface area contributed by atoms with Crippen LogP contribution in [-0.2, 0) is 44.2 Å². The lowest BCUT2D eigenvalue weighted by molar-refractivity contribution is -0.124. The zero-order chi connectivity index (χ0) is 42.1. The summed E-state index contributed by atoms with van der Waals surface area (Å²) in [5.74, 6) is -13.8. The molecule has 6 rings (SSSR count). The van der Waals surface area contributed by atoms with Crippen molar-refractivity contribution in [1.29, 1.82) is 0 Å². The molecule has 0 aromatic heterocycles. The summed E-state index contributed by atoms with van der Waals surface area (Å²) in [7, 11) is -4.82. The predicted molar refractivity (Wildman–Crippen MR) is 210 cm³/mol. The van der Waals surface area contributed by atoms with Crippen molar-refractivity contribution < 1.29 is 49.5 Å². The molecule has 0 bridgehead atoms. The summed E-state index contributed by atoms with van der Waals surface area (Å²) in [4.78, 5) is 32.2. The zero-order valence-electron chi connectivity index (χ0n) is 32.1. The molecule has 15 heteroatoms. The SMILES string of the molecule is CN([C@H](COCc1ccccc1)C(=O)N(Cc1ccc(C2CCCCC2)cc1)c1ccc(C(=O)NOCc2ccccc2)cc1)S(=O)(=O)c1c(F)c(F)c(F)c(F)c1F. The summed E-state index contributed by atoms with van der Waals surface area (Å²) in [6, 6.07) is 29.2. The average Bonchev–Trinajstić information content (AvgIpc) is 3.26. The van der Waals surface area contributed by atoms with E-state index in [2.05, 4.69) is 5.48 Å². The average molecular weight is 836 g/mol. The number of rotatable bonds is 16. The number of hydrogen-bond acceptors (Lipinski definition) is 6. The third-order valence-corrected chi connectivity index (χ3v) is 12.2. The minimum absolute atomic E-state index is 0.0988. The molecule has 1 aliphatic rings. The fourth-order valence-electron chi connectivity index (χ4n) is 6.92. The smallest absolute Gasteiger partial charge is 0.274 e. The Labute approximate surface area is 339 Å². The van der Waals surface area contributed by atoms with Gasteiger partial charge in [0.1, 0.15) is 6.04 Å². The van der Waals surface area contributed by atoms with Gasteiger partial charge in [0, 0.05) is 18.3 Å². The maximum Gasteiger partial charge on any atom is 0.274 e. The van der Waals surface area contributed by atoms with Gasteiger partial charge in [0.2, 0.25) is 21.7 Å². The lowest BCUT2D eigenvalue weighted by Crippen LogP contribution is -2.52. The Hall–Kier alpha value is -5.48. The van der Waals surface area contributed by atoms with Crippen LogP contribution in [0.1, 0.15) is 70.6 Å². The number of halogens is 5. The molecule has 0 aliphatic heterocycles. The molecular weight excluding hydrogens is 794 g/mol. The van der Waals surface area contributed by atoms with E-state index in [0.29, 0.717) is 17.0 Å². The van der Waals surface area contributed by atoms with E-state index in [-0.39, 0.29) is 35.3 Å². The first-order chi connectivity index (χ1) is 28.4. The first kappa shape index (κ1) is 43.1. The van der Waals surface area contributed by atoms with Crippen molar-refractivity contribution >= 4 is 27.5 Å². The molecule has 1 fully saturated rings. The summed E-state index contributed by atoms with van der Waals surface area (Å²) in [5, 5.41) is 0. The van der Waals surface area contributed by atoms with Crippen molar-refractivity contribution in [3.63, 3.8) is 0 Å². The Morgan fingerprint density at radius 3 is 1.81 bits per heavy atom. The molecule has 1 saturated carbocycles. The molecule has 1 N–H and O–H groups in total. The number of nitrogens with one attached hydrogen (secondary N) is 1. The Kier molecular flexibility index (Phi) is 14.3. The van der Waals surface area contributed by atoms with Crippen LogP contribution in [0.25, 0.3) is 0 Å². The number of hydrogen-bond donors (Lipinski definition) is 1. The van der Waals surface area contributed by atoms with Gasteiger partial charge in [-0.15, -0.1) is 0 Å². The number of ether oxygens (including phenoxy) is 1. The van der Waals surface area contributed by atoms with Gasteiger partial charge in [0.15, 0.2) is 28.2 Å². The van der Waals surface area contributed by atoms with E-state index in [0.717, 1.165) is 43.9 Å². The van der Waals surface area contributed by atoms with E-state index in [1.165, 1.54) is 35.6 Å². The summed E-state index contributed by atoms with van der Waals surface area (Å²) in [6.45, 7) is -0.877. The highest BCUT2D eigenvalue weighted by Crippen LogP contribution is 2.34. The van der Waals surface area contributed by atoms with Gasteiger partial charge >= 0.3 is 0 Å². The number of carbonyl (C=O) groups is 2. The Morgan fingerprint density at radius 2 is 1.24 bits per heavy atom. The number of carbonyl (C=O) groups excluding carboxylic acids is 2. The molecular formula is C44H42F5N3O6S. The minimum Gasteiger partial charge on any atom is -0.375 e. The number of sulfonamides is 1. The van der Waals surface area contributed by atoms with Gasteiger partial charge in [-0.25, -0.2) is 35.8 Å². The number of anilines is 1. The zero-order valence-corrected chi connectivity index (χ0v) is 32.9. The number of nitrogens with zero attached hydrogens (tertiary/aromatic N) is 2. The highest BCUT2D eigenvalue weighted by atomic mass is 32.2. The molecule has 1 atom stereocenters. The second-order valence-corrected chi connectivity index (χ2v) is 16.1. The summed E-state index contributed by atoms with van der Waals surface area (Å²) in [5.41, 5.74) is 5.92. The third kappa shape index (κ3) is 10.2. The number of amides is 2. The molecule has 0 unspecified atom stereocenters. The standard InChI is InChI=1S/C44H42F5N3O6S/c1-51(59(55,56)42-40(48)38(46)37(45)39(47)41(42)49)36(28-57-26-30-11-5-2-6-12-30)44(54)52(25-29-17-19-33(20-18-29)32-15-9-4-10-16-32)35-23-21-34(22-24-35)43(53)50-58-27-31-13-7-3-8-14-31/h2-3,5-8,11-14,17-24,32,36H,4,9-10,15-16,25-28H2,1H3,(H,50,53)/t36-/m1/s1. The van der Waals surface area contributed by atoms with E-state index in [1.807, 2.05) is 54.6 Å². The molecule has 1 aliphatic carbocycles. The topological polar surface area (TPSA) is 105 Å². The Balaban J connectivity index is 1.34. The summed E-state index contributed by atoms with van der Waals surface area (Å²) >= 11 is 0. The Morgan fingerprint density at radius 1 is 0.695 bits per heavy atom. The first-order valence-corrected chi connectivity index (χ1v) is 20.4. The van der Waals surface area contributed by atoms with Crippen molar-refractivity contribution in [2.45, 2.75) is 68.7 Å². The summed E-state index contributed by atoms with van der Waals surface area (Å²) < 4.78 is 107. The molecule has 2 amide bonds. The van der Waals surface area contributed by atoms with Crippen molar-refractivity contribution in [2.24, 2.45) is 0 Å². The van der Waals surface area contributed by atoms with Crippen LogP contribution in [0.5, 0.6) is 0 Å². The molecule has 9 nitrogen and oxygen atoms in total. The number of benzene rings is 5. The van der Waals surface area contributed by atoms with E-state index < -0.39 is 68.5 Å². The van der Waals surface area contributed by atoms with E-state index in [9.17, 15) is 31.2 Å². The monoisotopic (exact) mass is 835 g/mol. The van der Waals surface area contributed by atoms with Gasteiger partial charge in [-0.05, 0) is 65.3 Å². The van der Waals surface area contributed by atoms with Crippen molar-refractivity contribution in [3.05, 3.63) is 166 Å². The van der Waals surface area contributed by atoms with Gasteiger partial charge in [-0.1, -0.05) is 104 Å². The van der Waals surface area contributed by atoms with Crippen LogP contribution < -0.4 is 10.4 Å². The van der Waals surface area contributed by atoms with Crippen LogP contribution in [0.4, 0.5) is 27.6 Å². The minimum atomic E-state index is -5.61. The molecule has 5 aromatic carbocycles. The lowest BCUT2D eigenvalue weighted by atomic mass is 9.84. The van der Waals surface area contributed by atoms with Gasteiger partial charge < -0.3 is 9.64 Å². The van der Waals surface area contributed by atoms with Crippen molar-refractivity contribution in [1.82, 2.24) is 9.79 Å². The number of likely N-dealkylation sites (N-methyl/N-ethyl adjacent to an activating group) is 1. The largest absolute Gasteiger partial charge is 0.375 e. The second kappa shape index (κ2) is 19.5. The number of hydroxylamine groups is 1. The Bertz CT molecular complexity index is 2300. The van der Waals surface area contributed by atoms with Crippen molar-refractivity contribution in [3.8, 4) is 0 Å².